The molecule has 1 aromatic heterocycles. The predicted octanol–water partition coefficient (Wildman–Crippen LogP) is 2.62. The molecule has 2 aromatic rings. The Morgan fingerprint density at radius 3 is 2.83 bits per heavy atom. The fraction of sp³-hybridized carbons (Fsp3) is 0.231. The molecule has 2 rings (SSSR count). The minimum Gasteiger partial charge on any atom is -0.462 e. The van der Waals surface area contributed by atoms with Gasteiger partial charge in [-0.15, -0.1) is 0 Å². The van der Waals surface area contributed by atoms with E-state index in [1.165, 1.54) is 6.20 Å². The molecular weight excluding hydrogens is 345 g/mol. The zero-order valence-corrected chi connectivity index (χ0v) is 12.2. The zero-order chi connectivity index (χ0) is 13.3. The van der Waals surface area contributed by atoms with Crippen molar-refractivity contribution in [3.63, 3.8) is 0 Å². The fourth-order valence-electron chi connectivity index (χ4n) is 1.81. The first-order valence-corrected chi connectivity index (χ1v) is 6.61. The molecule has 94 valence electrons. The molecule has 4 nitrogen and oxygen atoms in total. The SMILES string of the molecule is CCOC(=O)c1c[nH]c2ccc(I)c(C)c2c1=O. The molecule has 0 unspecified atom stereocenters. The number of carbonyl (C=O) groups is 1. The molecule has 0 bridgehead atoms. The van der Waals surface area contributed by atoms with Crippen molar-refractivity contribution in [1.29, 1.82) is 0 Å². The van der Waals surface area contributed by atoms with E-state index >= 15 is 0 Å². The number of aromatic nitrogens is 1. The van der Waals surface area contributed by atoms with Crippen LogP contribution in [0.25, 0.3) is 10.9 Å². The van der Waals surface area contributed by atoms with Crippen molar-refractivity contribution in [2.24, 2.45) is 0 Å². The molecule has 1 N–H and O–H groups in total. The van der Waals surface area contributed by atoms with Gasteiger partial charge in [-0.2, -0.15) is 0 Å². The van der Waals surface area contributed by atoms with Gasteiger partial charge in [0.05, 0.1) is 12.0 Å². The first-order chi connectivity index (χ1) is 8.56. The van der Waals surface area contributed by atoms with Crippen LogP contribution in [0.1, 0.15) is 22.8 Å². The molecule has 0 aliphatic rings. The highest BCUT2D eigenvalue weighted by atomic mass is 127. The number of aromatic amines is 1. The maximum absolute atomic E-state index is 12.3. The predicted molar refractivity (Wildman–Crippen MR) is 78.0 cm³/mol. The normalized spacial score (nSPS) is 10.6. The van der Waals surface area contributed by atoms with Crippen LogP contribution in [0.4, 0.5) is 0 Å². The number of nitrogens with one attached hydrogen (secondary N) is 1. The van der Waals surface area contributed by atoms with E-state index in [0.29, 0.717) is 5.39 Å². The smallest absolute Gasteiger partial charge is 0.343 e. The highest BCUT2D eigenvalue weighted by Gasteiger charge is 2.15. The Bertz CT molecular complexity index is 676. The lowest BCUT2D eigenvalue weighted by molar-refractivity contribution is 0.0524. The number of fused-ring (bicyclic) bond motifs is 1. The van der Waals surface area contributed by atoms with Crippen molar-refractivity contribution >= 4 is 39.5 Å². The summed E-state index contributed by atoms with van der Waals surface area (Å²) in [6, 6.07) is 3.76. The van der Waals surface area contributed by atoms with Gasteiger partial charge in [0.2, 0.25) is 5.43 Å². The van der Waals surface area contributed by atoms with Gasteiger partial charge < -0.3 is 9.72 Å². The summed E-state index contributed by atoms with van der Waals surface area (Å²) >= 11 is 2.17. The molecule has 0 saturated carbocycles. The van der Waals surface area contributed by atoms with E-state index in [1.54, 1.807) is 6.92 Å². The summed E-state index contributed by atoms with van der Waals surface area (Å²) in [5.74, 6) is -0.584. The summed E-state index contributed by atoms with van der Waals surface area (Å²) in [6.07, 6.45) is 1.41. The number of benzene rings is 1. The van der Waals surface area contributed by atoms with Crippen LogP contribution in [0.5, 0.6) is 0 Å². The van der Waals surface area contributed by atoms with Crippen LogP contribution in [-0.4, -0.2) is 17.6 Å². The third-order valence-electron chi connectivity index (χ3n) is 2.74. The molecule has 0 saturated heterocycles. The number of carbonyl (C=O) groups excluding carboxylic acids is 1. The third-order valence-corrected chi connectivity index (χ3v) is 3.91. The molecular formula is C13H12INO3. The van der Waals surface area contributed by atoms with Gasteiger partial charge in [0.1, 0.15) is 5.56 Å². The Labute approximate surface area is 117 Å². The van der Waals surface area contributed by atoms with Gasteiger partial charge in [-0.05, 0) is 54.1 Å². The van der Waals surface area contributed by atoms with E-state index in [2.05, 4.69) is 27.6 Å². The van der Waals surface area contributed by atoms with Crippen LogP contribution in [0.15, 0.2) is 23.1 Å². The lowest BCUT2D eigenvalue weighted by Gasteiger charge is -2.06. The van der Waals surface area contributed by atoms with Crippen molar-refractivity contribution < 1.29 is 9.53 Å². The minimum atomic E-state index is -0.584. The Hall–Kier alpha value is -1.37. The topological polar surface area (TPSA) is 59.2 Å². The van der Waals surface area contributed by atoms with Crippen molar-refractivity contribution in [2.45, 2.75) is 13.8 Å². The monoisotopic (exact) mass is 357 g/mol. The standard InChI is InChI=1S/C13H12INO3/c1-3-18-13(17)8-6-15-10-5-4-9(14)7(2)11(10)12(8)16/h4-6H,3H2,1-2H3,(H,15,16). The molecule has 0 amide bonds. The minimum absolute atomic E-state index is 0.0504. The molecule has 0 spiro atoms. The van der Waals surface area contributed by atoms with E-state index in [1.807, 2.05) is 19.1 Å². The maximum atomic E-state index is 12.3. The first kappa shape index (κ1) is 13.1. The second kappa shape index (κ2) is 5.09. The van der Waals surface area contributed by atoms with Crippen LogP contribution in [0, 0.1) is 10.5 Å². The Balaban J connectivity index is 2.74. The summed E-state index contributed by atoms with van der Waals surface area (Å²) in [5, 5.41) is 0.549. The van der Waals surface area contributed by atoms with E-state index in [0.717, 1.165) is 14.7 Å². The number of halogens is 1. The van der Waals surface area contributed by atoms with Crippen LogP contribution >= 0.6 is 22.6 Å². The Morgan fingerprint density at radius 2 is 2.17 bits per heavy atom. The summed E-state index contributed by atoms with van der Waals surface area (Å²) in [4.78, 5) is 26.9. The largest absolute Gasteiger partial charge is 0.462 e. The number of esters is 1. The number of H-pyrrole nitrogens is 1. The maximum Gasteiger partial charge on any atom is 0.343 e. The summed E-state index contributed by atoms with van der Waals surface area (Å²) in [5.41, 5.74) is 1.37. The van der Waals surface area contributed by atoms with E-state index in [9.17, 15) is 9.59 Å². The lowest BCUT2D eigenvalue weighted by atomic mass is 10.1. The molecule has 0 fully saturated rings. The molecule has 1 aromatic carbocycles. The number of rotatable bonds is 2. The number of aryl methyl sites for hydroxylation is 1. The summed E-state index contributed by atoms with van der Waals surface area (Å²) in [6.45, 7) is 3.83. The van der Waals surface area contributed by atoms with Gasteiger partial charge in [0.25, 0.3) is 0 Å². The van der Waals surface area contributed by atoms with Crippen molar-refractivity contribution in [3.8, 4) is 0 Å². The quantitative estimate of drug-likeness (QED) is 0.664. The van der Waals surface area contributed by atoms with Gasteiger partial charge in [-0.1, -0.05) is 0 Å². The molecule has 0 aliphatic carbocycles. The highest BCUT2D eigenvalue weighted by molar-refractivity contribution is 14.1. The highest BCUT2D eigenvalue weighted by Crippen LogP contribution is 2.19. The van der Waals surface area contributed by atoms with Gasteiger partial charge in [0.15, 0.2) is 0 Å². The van der Waals surface area contributed by atoms with Crippen LogP contribution < -0.4 is 5.43 Å². The van der Waals surface area contributed by atoms with E-state index in [-0.39, 0.29) is 17.6 Å². The fourth-order valence-corrected chi connectivity index (χ4v) is 2.26. The average Bonchev–Trinajstić information content (AvgIpc) is 2.34. The van der Waals surface area contributed by atoms with Crippen LogP contribution in [0.2, 0.25) is 0 Å². The van der Waals surface area contributed by atoms with E-state index in [4.69, 9.17) is 4.74 Å². The van der Waals surface area contributed by atoms with Crippen molar-refractivity contribution in [3.05, 3.63) is 43.2 Å². The van der Waals surface area contributed by atoms with E-state index < -0.39 is 5.97 Å². The van der Waals surface area contributed by atoms with Crippen LogP contribution in [0.3, 0.4) is 0 Å². The number of hydrogen-bond acceptors (Lipinski definition) is 3. The number of pyridine rings is 1. The van der Waals surface area contributed by atoms with Crippen LogP contribution in [-0.2, 0) is 4.74 Å². The van der Waals surface area contributed by atoms with Gasteiger partial charge >= 0.3 is 5.97 Å². The molecule has 18 heavy (non-hydrogen) atoms. The molecule has 0 aliphatic heterocycles. The molecule has 0 radical (unpaired) electrons. The Morgan fingerprint density at radius 1 is 1.44 bits per heavy atom. The third kappa shape index (κ3) is 2.14. The second-order valence-corrected chi connectivity index (χ2v) is 5.01. The average molecular weight is 357 g/mol. The zero-order valence-electron chi connectivity index (χ0n) is 10.0. The first-order valence-electron chi connectivity index (χ1n) is 5.54. The van der Waals surface area contributed by atoms with Gasteiger partial charge in [-0.3, -0.25) is 4.79 Å². The summed E-state index contributed by atoms with van der Waals surface area (Å²) < 4.78 is 5.86. The lowest BCUT2D eigenvalue weighted by Crippen LogP contribution is -2.19. The molecule has 1 heterocycles. The van der Waals surface area contributed by atoms with Crippen molar-refractivity contribution in [2.75, 3.05) is 6.61 Å². The van der Waals surface area contributed by atoms with Crippen molar-refractivity contribution in [1.82, 2.24) is 4.98 Å². The molecule has 0 atom stereocenters. The number of hydrogen-bond donors (Lipinski definition) is 1. The summed E-state index contributed by atoms with van der Waals surface area (Å²) in [7, 11) is 0. The second-order valence-electron chi connectivity index (χ2n) is 3.85. The Kier molecular flexibility index (Phi) is 3.70. The number of ether oxygens (including phenoxy) is 1. The van der Waals surface area contributed by atoms with Gasteiger partial charge in [-0.25, -0.2) is 4.79 Å². The van der Waals surface area contributed by atoms with Gasteiger partial charge in [0, 0.05) is 15.3 Å². The molecule has 5 heteroatoms.